The minimum absolute atomic E-state index is 0.143. The van der Waals surface area contributed by atoms with Gasteiger partial charge in [0.05, 0.1) is 6.10 Å². The minimum Gasteiger partial charge on any atom is -0.491 e. The second-order valence-electron chi connectivity index (χ2n) is 5.96. The molecule has 1 N–H and O–H groups in total. The first-order chi connectivity index (χ1) is 8.90. The Balaban J connectivity index is 2.43. The minimum atomic E-state index is 0.143. The molecule has 1 atom stereocenters. The van der Waals surface area contributed by atoms with Gasteiger partial charge in [-0.15, -0.1) is 0 Å². The van der Waals surface area contributed by atoms with Gasteiger partial charge < -0.3 is 14.8 Å². The SMILES string of the molecule is COCCC(C)Oc1ccc(CNC(C)(C)C)cc1. The van der Waals surface area contributed by atoms with Gasteiger partial charge in [0.1, 0.15) is 5.75 Å². The highest BCUT2D eigenvalue weighted by molar-refractivity contribution is 5.27. The maximum Gasteiger partial charge on any atom is 0.119 e. The summed E-state index contributed by atoms with van der Waals surface area (Å²) in [5.41, 5.74) is 1.41. The molecule has 1 unspecified atom stereocenters. The van der Waals surface area contributed by atoms with Crippen molar-refractivity contribution in [2.24, 2.45) is 0 Å². The third-order valence-corrected chi connectivity index (χ3v) is 2.81. The lowest BCUT2D eigenvalue weighted by Gasteiger charge is -2.20. The predicted molar refractivity (Wildman–Crippen MR) is 79.6 cm³/mol. The van der Waals surface area contributed by atoms with Crippen LogP contribution in [0.4, 0.5) is 0 Å². The molecule has 0 heterocycles. The molecule has 3 heteroatoms. The standard InChI is InChI=1S/C16H27NO2/c1-13(10-11-18-5)19-15-8-6-14(7-9-15)12-17-16(2,3)4/h6-9,13,17H,10-12H2,1-5H3. The summed E-state index contributed by atoms with van der Waals surface area (Å²) in [6.07, 6.45) is 1.09. The lowest BCUT2D eigenvalue weighted by Crippen LogP contribution is -2.35. The molecular weight excluding hydrogens is 238 g/mol. The zero-order chi connectivity index (χ0) is 14.3. The van der Waals surface area contributed by atoms with Gasteiger partial charge in [-0.05, 0) is 45.4 Å². The highest BCUT2D eigenvalue weighted by Crippen LogP contribution is 2.15. The van der Waals surface area contributed by atoms with Gasteiger partial charge in [0.15, 0.2) is 0 Å². The van der Waals surface area contributed by atoms with E-state index in [0.717, 1.165) is 25.3 Å². The van der Waals surface area contributed by atoms with Gasteiger partial charge in [-0.25, -0.2) is 0 Å². The molecule has 108 valence electrons. The van der Waals surface area contributed by atoms with Crippen molar-refractivity contribution in [3.63, 3.8) is 0 Å². The van der Waals surface area contributed by atoms with Crippen LogP contribution >= 0.6 is 0 Å². The molecule has 1 aromatic carbocycles. The van der Waals surface area contributed by atoms with E-state index in [4.69, 9.17) is 9.47 Å². The molecule has 0 aliphatic carbocycles. The molecule has 0 aromatic heterocycles. The number of hydrogen-bond donors (Lipinski definition) is 1. The topological polar surface area (TPSA) is 30.5 Å². The number of ether oxygens (including phenoxy) is 2. The summed E-state index contributed by atoms with van der Waals surface area (Å²) in [6.45, 7) is 10.2. The zero-order valence-electron chi connectivity index (χ0n) is 12.8. The highest BCUT2D eigenvalue weighted by atomic mass is 16.5. The van der Waals surface area contributed by atoms with Crippen LogP contribution in [0.1, 0.15) is 39.7 Å². The Morgan fingerprint density at radius 3 is 2.32 bits per heavy atom. The van der Waals surface area contributed by atoms with Crippen LogP contribution in [0, 0.1) is 0 Å². The molecule has 0 spiro atoms. The van der Waals surface area contributed by atoms with E-state index in [9.17, 15) is 0 Å². The Morgan fingerprint density at radius 2 is 1.79 bits per heavy atom. The number of hydrogen-bond acceptors (Lipinski definition) is 3. The van der Waals surface area contributed by atoms with Crippen molar-refractivity contribution < 1.29 is 9.47 Å². The van der Waals surface area contributed by atoms with Crippen LogP contribution in [0.3, 0.4) is 0 Å². The summed E-state index contributed by atoms with van der Waals surface area (Å²) >= 11 is 0. The van der Waals surface area contributed by atoms with Crippen LogP contribution < -0.4 is 10.1 Å². The highest BCUT2D eigenvalue weighted by Gasteiger charge is 2.08. The third-order valence-electron chi connectivity index (χ3n) is 2.81. The Morgan fingerprint density at radius 1 is 1.16 bits per heavy atom. The van der Waals surface area contributed by atoms with E-state index in [-0.39, 0.29) is 11.6 Å². The van der Waals surface area contributed by atoms with Crippen molar-refractivity contribution in [1.29, 1.82) is 0 Å². The molecule has 1 aromatic rings. The van der Waals surface area contributed by atoms with Crippen molar-refractivity contribution in [2.75, 3.05) is 13.7 Å². The van der Waals surface area contributed by atoms with Crippen LogP contribution in [-0.4, -0.2) is 25.4 Å². The molecule has 0 bridgehead atoms. The number of benzene rings is 1. The van der Waals surface area contributed by atoms with E-state index in [0.29, 0.717) is 0 Å². The maximum absolute atomic E-state index is 5.82. The zero-order valence-corrected chi connectivity index (χ0v) is 12.8. The molecule has 1 rings (SSSR count). The maximum atomic E-state index is 5.82. The molecular formula is C16H27NO2. The van der Waals surface area contributed by atoms with Gasteiger partial charge >= 0.3 is 0 Å². The van der Waals surface area contributed by atoms with Gasteiger partial charge in [-0.3, -0.25) is 0 Å². The Hall–Kier alpha value is -1.06. The van der Waals surface area contributed by atoms with E-state index in [1.807, 2.05) is 12.1 Å². The van der Waals surface area contributed by atoms with Crippen molar-refractivity contribution in [3.8, 4) is 5.75 Å². The molecule has 19 heavy (non-hydrogen) atoms. The first-order valence-electron chi connectivity index (χ1n) is 6.90. The van der Waals surface area contributed by atoms with Crippen LogP contribution in [0.25, 0.3) is 0 Å². The fourth-order valence-corrected chi connectivity index (χ4v) is 1.63. The molecule has 3 nitrogen and oxygen atoms in total. The first kappa shape index (κ1) is 16.0. The predicted octanol–water partition coefficient (Wildman–Crippen LogP) is 3.38. The van der Waals surface area contributed by atoms with Gasteiger partial charge in [0.25, 0.3) is 0 Å². The molecule has 0 aliphatic heterocycles. The molecule has 0 radical (unpaired) electrons. The Bertz CT molecular complexity index is 354. The van der Waals surface area contributed by atoms with Crippen molar-refractivity contribution in [3.05, 3.63) is 29.8 Å². The summed E-state index contributed by atoms with van der Waals surface area (Å²) in [6, 6.07) is 8.28. The molecule has 0 amide bonds. The van der Waals surface area contributed by atoms with Crippen molar-refractivity contribution in [1.82, 2.24) is 5.32 Å². The van der Waals surface area contributed by atoms with Crippen LogP contribution in [0.5, 0.6) is 5.75 Å². The lowest BCUT2D eigenvalue weighted by molar-refractivity contribution is 0.135. The summed E-state index contributed by atoms with van der Waals surface area (Å²) in [7, 11) is 1.71. The van der Waals surface area contributed by atoms with Gasteiger partial charge in [0.2, 0.25) is 0 Å². The van der Waals surface area contributed by atoms with Crippen LogP contribution in [-0.2, 0) is 11.3 Å². The lowest BCUT2D eigenvalue weighted by atomic mass is 10.1. The molecule has 0 aliphatic rings. The van der Waals surface area contributed by atoms with E-state index in [2.05, 4.69) is 45.1 Å². The van der Waals surface area contributed by atoms with E-state index in [1.165, 1.54) is 5.56 Å². The first-order valence-corrected chi connectivity index (χ1v) is 6.90. The molecule has 0 saturated carbocycles. The quantitative estimate of drug-likeness (QED) is 0.820. The number of methoxy groups -OCH3 is 1. The second kappa shape index (κ2) is 7.51. The number of rotatable bonds is 7. The summed E-state index contributed by atoms with van der Waals surface area (Å²) < 4.78 is 10.9. The molecule has 0 saturated heterocycles. The van der Waals surface area contributed by atoms with E-state index >= 15 is 0 Å². The van der Waals surface area contributed by atoms with Gasteiger partial charge in [-0.2, -0.15) is 0 Å². The monoisotopic (exact) mass is 265 g/mol. The van der Waals surface area contributed by atoms with E-state index in [1.54, 1.807) is 7.11 Å². The summed E-state index contributed by atoms with van der Waals surface area (Å²) in [5.74, 6) is 0.920. The second-order valence-corrected chi connectivity index (χ2v) is 5.96. The largest absolute Gasteiger partial charge is 0.491 e. The van der Waals surface area contributed by atoms with Crippen LogP contribution in [0.2, 0.25) is 0 Å². The van der Waals surface area contributed by atoms with Crippen LogP contribution in [0.15, 0.2) is 24.3 Å². The van der Waals surface area contributed by atoms with Gasteiger partial charge in [-0.1, -0.05) is 12.1 Å². The van der Waals surface area contributed by atoms with E-state index < -0.39 is 0 Å². The van der Waals surface area contributed by atoms with Gasteiger partial charge in [0, 0.05) is 32.2 Å². The Labute approximate surface area is 117 Å². The summed E-state index contributed by atoms with van der Waals surface area (Å²) in [5, 5.41) is 3.47. The normalized spacial score (nSPS) is 13.3. The molecule has 0 fully saturated rings. The third kappa shape index (κ3) is 7.19. The van der Waals surface area contributed by atoms with Crippen molar-refractivity contribution >= 4 is 0 Å². The average molecular weight is 265 g/mol. The smallest absolute Gasteiger partial charge is 0.119 e. The number of nitrogens with one attached hydrogen (secondary N) is 1. The fourth-order valence-electron chi connectivity index (χ4n) is 1.63. The summed E-state index contributed by atoms with van der Waals surface area (Å²) in [4.78, 5) is 0. The van der Waals surface area contributed by atoms with Crippen molar-refractivity contribution in [2.45, 2.75) is 52.3 Å². The average Bonchev–Trinajstić information content (AvgIpc) is 2.34. The Kier molecular flexibility index (Phi) is 6.32. The fraction of sp³-hybridized carbons (Fsp3) is 0.625.